The number of aromatic nitrogens is 1. The topological polar surface area (TPSA) is 64.2 Å². The Kier molecular flexibility index (Phi) is 6.14. The first-order chi connectivity index (χ1) is 13.5. The average Bonchev–Trinajstić information content (AvgIpc) is 3.19. The van der Waals surface area contributed by atoms with Crippen LogP contribution in [-0.2, 0) is 6.42 Å². The van der Waals surface area contributed by atoms with Gasteiger partial charge in [0.1, 0.15) is 11.3 Å². The van der Waals surface area contributed by atoms with E-state index in [4.69, 9.17) is 4.42 Å². The molecule has 0 saturated carbocycles. The zero-order valence-electron chi connectivity index (χ0n) is 16.6. The van der Waals surface area contributed by atoms with Crippen molar-refractivity contribution in [3.63, 3.8) is 0 Å². The van der Waals surface area contributed by atoms with Gasteiger partial charge in [-0.3, -0.25) is 14.2 Å². The standard InChI is InChI=1S/C23H26N2O3/c1-16(2)18-7-4-8-19(15-18)25-13-11-17(3)21(23(25)27)22(26)24-12-5-9-20-10-6-14-28-20/h4,6-8,10-11,13-16H,5,9,12H2,1-3H3,(H,24,26). The summed E-state index contributed by atoms with van der Waals surface area (Å²) in [7, 11) is 0. The molecule has 3 rings (SSSR count). The molecule has 0 bridgehead atoms. The number of aryl methyl sites for hydroxylation is 2. The van der Waals surface area contributed by atoms with Crippen molar-refractivity contribution in [2.75, 3.05) is 6.54 Å². The second kappa shape index (κ2) is 8.74. The smallest absolute Gasteiger partial charge is 0.268 e. The highest BCUT2D eigenvalue weighted by atomic mass is 16.3. The first-order valence-corrected chi connectivity index (χ1v) is 9.60. The van der Waals surface area contributed by atoms with E-state index in [-0.39, 0.29) is 17.0 Å². The molecule has 146 valence electrons. The molecule has 28 heavy (non-hydrogen) atoms. The van der Waals surface area contributed by atoms with E-state index in [2.05, 4.69) is 19.2 Å². The zero-order valence-corrected chi connectivity index (χ0v) is 16.6. The minimum Gasteiger partial charge on any atom is -0.469 e. The van der Waals surface area contributed by atoms with Gasteiger partial charge in [-0.15, -0.1) is 0 Å². The van der Waals surface area contributed by atoms with Crippen molar-refractivity contribution in [3.05, 3.63) is 87.7 Å². The van der Waals surface area contributed by atoms with Crippen LogP contribution in [-0.4, -0.2) is 17.0 Å². The molecule has 0 aliphatic rings. The summed E-state index contributed by atoms with van der Waals surface area (Å²) in [5, 5.41) is 2.86. The molecular formula is C23H26N2O3. The van der Waals surface area contributed by atoms with Gasteiger partial charge in [0, 0.05) is 24.8 Å². The number of hydrogen-bond acceptors (Lipinski definition) is 3. The number of carbonyl (C=O) groups is 1. The number of benzene rings is 1. The molecular weight excluding hydrogens is 352 g/mol. The Morgan fingerprint density at radius 2 is 2.00 bits per heavy atom. The normalized spacial score (nSPS) is 11.0. The molecule has 0 aliphatic carbocycles. The van der Waals surface area contributed by atoms with Crippen LogP contribution < -0.4 is 10.9 Å². The number of nitrogens with zero attached hydrogens (tertiary/aromatic N) is 1. The van der Waals surface area contributed by atoms with E-state index < -0.39 is 0 Å². The Hall–Kier alpha value is -3.08. The molecule has 1 amide bonds. The largest absolute Gasteiger partial charge is 0.469 e. The summed E-state index contributed by atoms with van der Waals surface area (Å²) in [5.41, 5.74) is 2.47. The fourth-order valence-electron chi connectivity index (χ4n) is 3.15. The number of rotatable bonds is 7. The first-order valence-electron chi connectivity index (χ1n) is 9.60. The van der Waals surface area contributed by atoms with E-state index in [1.807, 2.05) is 36.4 Å². The van der Waals surface area contributed by atoms with E-state index in [1.165, 1.54) is 4.57 Å². The summed E-state index contributed by atoms with van der Waals surface area (Å²) in [6.07, 6.45) is 4.85. The Labute approximate surface area is 165 Å². The van der Waals surface area contributed by atoms with Gasteiger partial charge in [-0.2, -0.15) is 0 Å². The third-order valence-electron chi connectivity index (χ3n) is 4.81. The lowest BCUT2D eigenvalue weighted by Gasteiger charge is -2.13. The molecule has 0 unspecified atom stereocenters. The third-order valence-corrected chi connectivity index (χ3v) is 4.81. The van der Waals surface area contributed by atoms with Crippen molar-refractivity contribution in [2.24, 2.45) is 0 Å². The molecule has 0 radical (unpaired) electrons. The fourth-order valence-corrected chi connectivity index (χ4v) is 3.15. The highest BCUT2D eigenvalue weighted by molar-refractivity contribution is 5.95. The van der Waals surface area contributed by atoms with Gasteiger partial charge in [-0.1, -0.05) is 26.0 Å². The maximum absolute atomic E-state index is 13.0. The highest BCUT2D eigenvalue weighted by Gasteiger charge is 2.16. The summed E-state index contributed by atoms with van der Waals surface area (Å²) in [4.78, 5) is 25.7. The Balaban J connectivity index is 1.78. The summed E-state index contributed by atoms with van der Waals surface area (Å²) in [6.45, 7) is 6.49. The van der Waals surface area contributed by atoms with Gasteiger partial charge in [0.05, 0.1) is 6.26 Å². The molecule has 0 spiro atoms. The van der Waals surface area contributed by atoms with Crippen LogP contribution in [0.3, 0.4) is 0 Å². The number of hydrogen-bond donors (Lipinski definition) is 1. The lowest BCUT2D eigenvalue weighted by Crippen LogP contribution is -2.34. The molecule has 2 heterocycles. The second-order valence-electron chi connectivity index (χ2n) is 7.24. The van der Waals surface area contributed by atoms with E-state index in [1.54, 1.807) is 25.5 Å². The second-order valence-corrected chi connectivity index (χ2v) is 7.24. The van der Waals surface area contributed by atoms with Crippen LogP contribution in [0.4, 0.5) is 0 Å². The van der Waals surface area contributed by atoms with Crippen LogP contribution in [0.15, 0.2) is 64.1 Å². The monoisotopic (exact) mass is 378 g/mol. The van der Waals surface area contributed by atoms with E-state index in [0.29, 0.717) is 18.0 Å². The number of pyridine rings is 1. The van der Waals surface area contributed by atoms with E-state index >= 15 is 0 Å². The number of nitrogens with one attached hydrogen (secondary N) is 1. The van der Waals surface area contributed by atoms with Crippen molar-refractivity contribution in [1.82, 2.24) is 9.88 Å². The maximum atomic E-state index is 13.0. The lowest BCUT2D eigenvalue weighted by atomic mass is 10.0. The van der Waals surface area contributed by atoms with Gasteiger partial charge in [0.15, 0.2) is 0 Å². The number of amides is 1. The SMILES string of the molecule is Cc1ccn(-c2cccc(C(C)C)c2)c(=O)c1C(=O)NCCCc1ccco1. The van der Waals surface area contributed by atoms with Gasteiger partial charge >= 0.3 is 0 Å². The van der Waals surface area contributed by atoms with Crippen molar-refractivity contribution >= 4 is 5.91 Å². The van der Waals surface area contributed by atoms with E-state index in [0.717, 1.165) is 29.9 Å². The van der Waals surface area contributed by atoms with Crippen molar-refractivity contribution in [3.8, 4) is 5.69 Å². The minimum atomic E-state index is -0.337. The average molecular weight is 378 g/mol. The predicted octanol–water partition coefficient (Wildman–Crippen LogP) is 4.22. The summed E-state index contributed by atoms with van der Waals surface area (Å²) < 4.78 is 6.83. The quantitative estimate of drug-likeness (QED) is 0.626. The lowest BCUT2D eigenvalue weighted by molar-refractivity contribution is 0.0950. The molecule has 3 aromatic rings. The number of carbonyl (C=O) groups excluding carboxylic acids is 1. The van der Waals surface area contributed by atoms with Crippen molar-refractivity contribution in [1.29, 1.82) is 0 Å². The van der Waals surface area contributed by atoms with Crippen LogP contribution in [0.1, 0.15) is 53.4 Å². The van der Waals surface area contributed by atoms with E-state index in [9.17, 15) is 9.59 Å². The van der Waals surface area contributed by atoms with Crippen LogP contribution >= 0.6 is 0 Å². The zero-order chi connectivity index (χ0) is 20.1. The molecule has 5 heteroatoms. The molecule has 1 aromatic carbocycles. The van der Waals surface area contributed by atoms with Crippen LogP contribution in [0.5, 0.6) is 0 Å². The molecule has 0 atom stereocenters. The van der Waals surface area contributed by atoms with Crippen LogP contribution in [0.2, 0.25) is 0 Å². The van der Waals surface area contributed by atoms with Crippen LogP contribution in [0, 0.1) is 6.92 Å². The molecule has 0 saturated heterocycles. The van der Waals surface area contributed by atoms with Gasteiger partial charge in [0.2, 0.25) is 0 Å². The maximum Gasteiger partial charge on any atom is 0.268 e. The molecule has 5 nitrogen and oxygen atoms in total. The van der Waals surface area contributed by atoms with Gasteiger partial charge in [-0.05, 0) is 60.7 Å². The van der Waals surface area contributed by atoms with Gasteiger partial charge < -0.3 is 9.73 Å². The first kappa shape index (κ1) is 19.7. The minimum absolute atomic E-state index is 0.190. The highest BCUT2D eigenvalue weighted by Crippen LogP contribution is 2.17. The van der Waals surface area contributed by atoms with Gasteiger partial charge in [-0.25, -0.2) is 0 Å². The summed E-state index contributed by atoms with van der Waals surface area (Å²) in [5.74, 6) is 0.909. The van der Waals surface area contributed by atoms with Crippen LogP contribution in [0.25, 0.3) is 5.69 Å². The fraction of sp³-hybridized carbons (Fsp3) is 0.304. The Morgan fingerprint density at radius 3 is 2.71 bits per heavy atom. The van der Waals surface area contributed by atoms with Gasteiger partial charge in [0.25, 0.3) is 11.5 Å². The number of furan rings is 1. The van der Waals surface area contributed by atoms with Crippen molar-refractivity contribution in [2.45, 2.75) is 39.5 Å². The Morgan fingerprint density at radius 1 is 1.18 bits per heavy atom. The molecule has 0 aliphatic heterocycles. The van der Waals surface area contributed by atoms with Crippen molar-refractivity contribution < 1.29 is 9.21 Å². The summed E-state index contributed by atoms with van der Waals surface area (Å²) in [6, 6.07) is 13.4. The third kappa shape index (κ3) is 4.42. The predicted molar refractivity (Wildman–Crippen MR) is 110 cm³/mol. The summed E-state index contributed by atoms with van der Waals surface area (Å²) >= 11 is 0. The molecule has 1 N–H and O–H groups in total. The Bertz CT molecular complexity index is 1000. The molecule has 2 aromatic heterocycles. The molecule has 0 fully saturated rings.